The molecule has 1 N–H and O–H groups in total. The smallest absolute Gasteiger partial charge is 0.303 e. The van der Waals surface area contributed by atoms with Crippen LogP contribution in [0.25, 0.3) is 0 Å². The minimum atomic E-state index is -0.690. The number of rotatable bonds is 6. The van der Waals surface area contributed by atoms with Gasteiger partial charge in [0.2, 0.25) is 0 Å². The molecule has 0 saturated heterocycles. The maximum absolute atomic E-state index is 10.4. The minimum Gasteiger partial charge on any atom is -0.481 e. The molecule has 0 fully saturated rings. The number of likely N-dealkylation sites (N-methyl/N-ethyl adjacent to an activating group) is 1. The van der Waals surface area contributed by atoms with Gasteiger partial charge in [-0.1, -0.05) is 18.6 Å². The normalized spacial score (nSPS) is 14.4. The Hall–Kier alpha value is -1.71. The molecule has 0 atom stereocenters. The lowest BCUT2D eigenvalue weighted by Gasteiger charge is -2.37. The Labute approximate surface area is 114 Å². The number of carbonyl (C=O) groups is 1. The van der Waals surface area contributed by atoms with Gasteiger partial charge >= 0.3 is 5.97 Å². The Morgan fingerprint density at radius 1 is 1.16 bits per heavy atom. The topological polar surface area (TPSA) is 43.8 Å². The summed E-state index contributed by atoms with van der Waals surface area (Å²) in [7, 11) is 2.13. The third-order valence-electron chi connectivity index (χ3n) is 3.66. The van der Waals surface area contributed by atoms with Gasteiger partial charge in [0, 0.05) is 33.1 Å². The summed E-state index contributed by atoms with van der Waals surface area (Å²) < 4.78 is 0. The van der Waals surface area contributed by atoms with E-state index in [1.54, 1.807) is 0 Å². The Bertz CT molecular complexity index is 434. The van der Waals surface area contributed by atoms with Gasteiger partial charge in [0.25, 0.3) is 0 Å². The second-order valence-corrected chi connectivity index (χ2v) is 5.10. The van der Waals surface area contributed by atoms with Crippen molar-refractivity contribution in [2.24, 2.45) is 0 Å². The molecule has 1 aliphatic heterocycles. The lowest BCUT2D eigenvalue weighted by atomic mass is 10.1. The van der Waals surface area contributed by atoms with Crippen LogP contribution in [-0.2, 0) is 4.79 Å². The number of hydrogen-bond donors (Lipinski definition) is 1. The molecule has 0 unspecified atom stereocenters. The van der Waals surface area contributed by atoms with Crippen molar-refractivity contribution in [2.45, 2.75) is 25.7 Å². The van der Waals surface area contributed by atoms with E-state index in [-0.39, 0.29) is 0 Å². The summed E-state index contributed by atoms with van der Waals surface area (Å²) in [5.41, 5.74) is 2.59. The molecule has 0 radical (unpaired) electrons. The third kappa shape index (κ3) is 3.63. The summed E-state index contributed by atoms with van der Waals surface area (Å²) >= 11 is 0. The van der Waals surface area contributed by atoms with Crippen molar-refractivity contribution < 1.29 is 9.90 Å². The van der Waals surface area contributed by atoms with Crippen LogP contribution in [0.4, 0.5) is 11.4 Å². The van der Waals surface area contributed by atoms with Crippen LogP contribution in [0.2, 0.25) is 0 Å². The van der Waals surface area contributed by atoms with E-state index in [2.05, 4.69) is 41.1 Å². The second kappa shape index (κ2) is 6.45. The number of aliphatic carboxylic acids is 1. The molecular weight excluding hydrogens is 240 g/mol. The molecule has 19 heavy (non-hydrogen) atoms. The molecule has 0 saturated carbocycles. The first-order valence-electron chi connectivity index (χ1n) is 6.95. The summed E-state index contributed by atoms with van der Waals surface area (Å²) in [5.74, 6) is -0.690. The van der Waals surface area contributed by atoms with E-state index in [1.807, 2.05) is 0 Å². The Kier molecular flexibility index (Phi) is 4.66. The fourth-order valence-electron chi connectivity index (χ4n) is 2.55. The molecule has 0 aromatic heterocycles. The van der Waals surface area contributed by atoms with Gasteiger partial charge in [-0.25, -0.2) is 0 Å². The molecule has 104 valence electrons. The number of benzene rings is 1. The number of nitrogens with zero attached hydrogens (tertiary/aromatic N) is 2. The summed E-state index contributed by atoms with van der Waals surface area (Å²) in [4.78, 5) is 15.1. The van der Waals surface area contributed by atoms with Crippen molar-refractivity contribution in [1.82, 2.24) is 0 Å². The van der Waals surface area contributed by atoms with E-state index < -0.39 is 5.97 Å². The van der Waals surface area contributed by atoms with Crippen LogP contribution >= 0.6 is 0 Å². The zero-order valence-corrected chi connectivity index (χ0v) is 11.5. The van der Waals surface area contributed by atoms with Crippen molar-refractivity contribution in [3.05, 3.63) is 24.3 Å². The maximum atomic E-state index is 10.4. The molecule has 0 aliphatic carbocycles. The number of carboxylic acid groups (broad SMARTS) is 1. The number of carboxylic acids is 1. The maximum Gasteiger partial charge on any atom is 0.303 e. The minimum absolute atomic E-state index is 0.291. The van der Waals surface area contributed by atoms with E-state index in [0.717, 1.165) is 38.9 Å². The van der Waals surface area contributed by atoms with Gasteiger partial charge < -0.3 is 14.9 Å². The molecule has 0 spiro atoms. The van der Waals surface area contributed by atoms with Crippen LogP contribution in [-0.4, -0.2) is 37.8 Å². The first-order chi connectivity index (χ1) is 9.18. The zero-order chi connectivity index (χ0) is 13.7. The number of unbranched alkanes of at least 4 members (excludes halogenated alkanes) is 2. The van der Waals surface area contributed by atoms with Crippen LogP contribution in [0.1, 0.15) is 25.7 Å². The summed E-state index contributed by atoms with van der Waals surface area (Å²) in [6.45, 7) is 3.11. The van der Waals surface area contributed by atoms with Crippen molar-refractivity contribution in [2.75, 3.05) is 36.5 Å². The lowest BCUT2D eigenvalue weighted by Crippen LogP contribution is -2.39. The van der Waals surface area contributed by atoms with Crippen molar-refractivity contribution >= 4 is 17.3 Å². The number of para-hydroxylation sites is 2. The van der Waals surface area contributed by atoms with Crippen molar-refractivity contribution in [3.8, 4) is 0 Å². The van der Waals surface area contributed by atoms with Crippen LogP contribution < -0.4 is 9.80 Å². The van der Waals surface area contributed by atoms with Gasteiger partial charge in [-0.05, 0) is 25.0 Å². The number of anilines is 2. The molecule has 1 heterocycles. The summed E-state index contributed by atoms with van der Waals surface area (Å²) in [6, 6.07) is 8.48. The Morgan fingerprint density at radius 3 is 2.63 bits per heavy atom. The Balaban J connectivity index is 1.85. The molecule has 4 nitrogen and oxygen atoms in total. The molecule has 2 rings (SSSR count). The first-order valence-corrected chi connectivity index (χ1v) is 6.95. The monoisotopic (exact) mass is 262 g/mol. The fraction of sp³-hybridized carbons (Fsp3) is 0.533. The van der Waals surface area contributed by atoms with Crippen LogP contribution in [0.3, 0.4) is 0 Å². The van der Waals surface area contributed by atoms with Gasteiger partial charge in [0.1, 0.15) is 0 Å². The van der Waals surface area contributed by atoms with Gasteiger partial charge in [0.15, 0.2) is 0 Å². The predicted molar refractivity (Wildman–Crippen MR) is 78.0 cm³/mol. The third-order valence-corrected chi connectivity index (χ3v) is 3.66. The molecule has 1 aromatic rings. The van der Waals surface area contributed by atoms with E-state index in [0.29, 0.717) is 6.42 Å². The summed E-state index contributed by atoms with van der Waals surface area (Å²) in [5, 5.41) is 8.60. The molecule has 0 amide bonds. The average molecular weight is 262 g/mol. The second-order valence-electron chi connectivity index (χ2n) is 5.10. The highest BCUT2D eigenvalue weighted by Crippen LogP contribution is 2.31. The number of fused-ring (bicyclic) bond motifs is 1. The van der Waals surface area contributed by atoms with Crippen LogP contribution in [0, 0.1) is 0 Å². The largest absolute Gasteiger partial charge is 0.481 e. The lowest BCUT2D eigenvalue weighted by molar-refractivity contribution is -0.137. The number of hydrogen-bond acceptors (Lipinski definition) is 3. The van der Waals surface area contributed by atoms with Gasteiger partial charge in [-0.2, -0.15) is 0 Å². The molecular formula is C15H22N2O2. The molecule has 1 aliphatic rings. The molecule has 1 aromatic carbocycles. The van der Waals surface area contributed by atoms with E-state index >= 15 is 0 Å². The van der Waals surface area contributed by atoms with Crippen LogP contribution in [0.15, 0.2) is 24.3 Å². The zero-order valence-electron chi connectivity index (χ0n) is 11.5. The van der Waals surface area contributed by atoms with E-state index in [4.69, 9.17) is 5.11 Å². The van der Waals surface area contributed by atoms with Crippen LogP contribution in [0.5, 0.6) is 0 Å². The molecule has 4 heteroatoms. The van der Waals surface area contributed by atoms with Gasteiger partial charge in [-0.15, -0.1) is 0 Å². The average Bonchev–Trinajstić information content (AvgIpc) is 2.41. The highest BCUT2D eigenvalue weighted by atomic mass is 16.4. The Morgan fingerprint density at radius 2 is 1.89 bits per heavy atom. The van der Waals surface area contributed by atoms with E-state index in [1.165, 1.54) is 11.4 Å². The SMILES string of the molecule is CN1CCN(CCCCCC(=O)O)c2ccccc21. The summed E-state index contributed by atoms with van der Waals surface area (Å²) in [6.07, 6.45) is 3.12. The van der Waals surface area contributed by atoms with Gasteiger partial charge in [-0.3, -0.25) is 4.79 Å². The van der Waals surface area contributed by atoms with Gasteiger partial charge in [0.05, 0.1) is 11.4 Å². The highest BCUT2D eigenvalue weighted by molar-refractivity contribution is 5.73. The van der Waals surface area contributed by atoms with Crippen molar-refractivity contribution in [3.63, 3.8) is 0 Å². The predicted octanol–water partition coefficient (Wildman–Crippen LogP) is 2.59. The van der Waals surface area contributed by atoms with E-state index in [9.17, 15) is 4.79 Å². The van der Waals surface area contributed by atoms with Crippen molar-refractivity contribution in [1.29, 1.82) is 0 Å². The standard InChI is InChI=1S/C15H22N2O2/c1-16-11-12-17(10-6-2-3-9-15(18)19)14-8-5-4-7-13(14)16/h4-5,7-8H,2-3,6,9-12H2,1H3,(H,18,19). The quantitative estimate of drug-likeness (QED) is 0.800. The fourth-order valence-corrected chi connectivity index (χ4v) is 2.55. The first kappa shape index (κ1) is 13.7. The molecule has 0 bridgehead atoms. The highest BCUT2D eigenvalue weighted by Gasteiger charge is 2.18.